The zero-order chi connectivity index (χ0) is 12.1. The molecule has 2 rings (SSSR count). The van der Waals surface area contributed by atoms with Crippen LogP contribution in [0.25, 0.3) is 0 Å². The Bertz CT molecular complexity index is 332. The van der Waals surface area contributed by atoms with Crippen molar-refractivity contribution in [3.05, 3.63) is 0 Å². The summed E-state index contributed by atoms with van der Waals surface area (Å²) >= 11 is 0. The van der Waals surface area contributed by atoms with Crippen LogP contribution in [0.1, 0.15) is 40.5 Å². The van der Waals surface area contributed by atoms with Crippen molar-refractivity contribution in [1.82, 2.24) is 10.2 Å². The van der Waals surface area contributed by atoms with Crippen LogP contribution in [-0.2, 0) is 9.59 Å². The summed E-state index contributed by atoms with van der Waals surface area (Å²) in [6, 6.07) is -0.0548. The van der Waals surface area contributed by atoms with E-state index in [-0.39, 0.29) is 23.9 Å². The van der Waals surface area contributed by atoms with Crippen LogP contribution in [-0.4, -0.2) is 34.3 Å². The normalized spacial score (nSPS) is 38.0. The van der Waals surface area contributed by atoms with E-state index in [1.54, 1.807) is 18.7 Å². The van der Waals surface area contributed by atoms with Crippen LogP contribution in [0, 0.1) is 5.92 Å². The Hall–Kier alpha value is -1.06. The summed E-state index contributed by atoms with van der Waals surface area (Å²) in [4.78, 5) is 25.8. The third-order valence-electron chi connectivity index (χ3n) is 3.74. The quantitative estimate of drug-likeness (QED) is 0.719. The van der Waals surface area contributed by atoms with Gasteiger partial charge < -0.3 is 10.2 Å². The van der Waals surface area contributed by atoms with Gasteiger partial charge in [-0.2, -0.15) is 0 Å². The van der Waals surface area contributed by atoms with Gasteiger partial charge in [-0.3, -0.25) is 9.59 Å². The predicted molar refractivity (Wildman–Crippen MR) is 60.7 cm³/mol. The van der Waals surface area contributed by atoms with E-state index in [0.717, 1.165) is 12.8 Å². The topological polar surface area (TPSA) is 49.4 Å². The molecule has 1 heterocycles. The summed E-state index contributed by atoms with van der Waals surface area (Å²) < 4.78 is 0. The first kappa shape index (κ1) is 11.4. The first-order valence-corrected chi connectivity index (χ1v) is 5.97. The van der Waals surface area contributed by atoms with E-state index in [1.807, 2.05) is 6.92 Å². The van der Waals surface area contributed by atoms with E-state index in [1.165, 1.54) is 0 Å². The van der Waals surface area contributed by atoms with E-state index in [9.17, 15) is 9.59 Å². The number of hydrogen-bond acceptors (Lipinski definition) is 2. The molecule has 1 saturated heterocycles. The summed E-state index contributed by atoms with van der Waals surface area (Å²) in [5.74, 6) is 0.693. The van der Waals surface area contributed by atoms with Crippen LogP contribution in [0.15, 0.2) is 0 Å². The lowest BCUT2D eigenvalue weighted by Gasteiger charge is -2.50. The number of amides is 2. The van der Waals surface area contributed by atoms with Crippen molar-refractivity contribution in [3.63, 3.8) is 0 Å². The van der Waals surface area contributed by atoms with Crippen molar-refractivity contribution < 1.29 is 9.59 Å². The molecule has 0 bridgehead atoms. The lowest BCUT2D eigenvalue weighted by molar-refractivity contribution is -0.158. The first-order valence-electron chi connectivity index (χ1n) is 5.97. The third kappa shape index (κ3) is 1.60. The summed E-state index contributed by atoms with van der Waals surface area (Å²) in [7, 11) is 0. The van der Waals surface area contributed by atoms with Crippen LogP contribution in [0.3, 0.4) is 0 Å². The molecule has 1 unspecified atom stereocenters. The SMILES string of the molecule is CC1CC(N2C(=O)C(C)(C)NC(=O)C2C)C1. The van der Waals surface area contributed by atoms with Gasteiger partial charge in [-0.05, 0) is 39.5 Å². The van der Waals surface area contributed by atoms with Gasteiger partial charge in [-0.15, -0.1) is 0 Å². The lowest BCUT2D eigenvalue weighted by Crippen LogP contribution is -2.70. The summed E-state index contributed by atoms with van der Waals surface area (Å²) in [6.45, 7) is 7.54. The van der Waals surface area contributed by atoms with E-state index >= 15 is 0 Å². The van der Waals surface area contributed by atoms with Gasteiger partial charge in [-0.25, -0.2) is 0 Å². The van der Waals surface area contributed by atoms with Gasteiger partial charge in [0.05, 0.1) is 0 Å². The molecule has 0 spiro atoms. The molecule has 90 valence electrons. The largest absolute Gasteiger partial charge is 0.340 e. The Balaban J connectivity index is 2.20. The van der Waals surface area contributed by atoms with E-state index in [2.05, 4.69) is 12.2 Å². The minimum atomic E-state index is -0.748. The standard InChI is InChI=1S/C12H20N2O2/c1-7-5-9(6-7)14-8(2)10(15)13-12(3,4)11(14)16/h7-9H,5-6H2,1-4H3,(H,13,15). The fraction of sp³-hybridized carbons (Fsp3) is 0.833. The van der Waals surface area contributed by atoms with Gasteiger partial charge in [0, 0.05) is 6.04 Å². The minimum absolute atomic E-state index is 0.0378. The fourth-order valence-electron chi connectivity index (χ4n) is 2.66. The number of piperazine rings is 1. The van der Waals surface area contributed by atoms with Crippen molar-refractivity contribution in [2.45, 2.75) is 58.2 Å². The fourth-order valence-corrected chi connectivity index (χ4v) is 2.66. The van der Waals surface area contributed by atoms with Crippen LogP contribution in [0.2, 0.25) is 0 Å². The third-order valence-corrected chi connectivity index (χ3v) is 3.74. The number of carbonyl (C=O) groups is 2. The van der Waals surface area contributed by atoms with Gasteiger partial charge in [0.15, 0.2) is 0 Å². The molecule has 0 aromatic carbocycles. The maximum Gasteiger partial charge on any atom is 0.248 e. The van der Waals surface area contributed by atoms with Crippen LogP contribution >= 0.6 is 0 Å². The molecule has 1 N–H and O–H groups in total. The number of rotatable bonds is 1. The van der Waals surface area contributed by atoms with Crippen molar-refractivity contribution in [2.24, 2.45) is 5.92 Å². The minimum Gasteiger partial charge on any atom is -0.340 e. The molecule has 4 nitrogen and oxygen atoms in total. The Morgan fingerprint density at radius 1 is 1.25 bits per heavy atom. The maximum atomic E-state index is 12.3. The molecule has 0 aromatic rings. The number of carbonyl (C=O) groups excluding carboxylic acids is 2. The molecular formula is C12H20N2O2. The van der Waals surface area contributed by atoms with E-state index in [4.69, 9.17) is 0 Å². The Kier molecular flexibility index (Phi) is 2.48. The summed E-state index contributed by atoms with van der Waals surface area (Å²) in [5.41, 5.74) is -0.748. The first-order chi connectivity index (χ1) is 7.33. The van der Waals surface area contributed by atoms with Crippen LogP contribution in [0.4, 0.5) is 0 Å². The molecule has 2 aliphatic rings. The average molecular weight is 224 g/mol. The number of nitrogens with one attached hydrogen (secondary N) is 1. The van der Waals surface area contributed by atoms with Gasteiger partial charge in [0.1, 0.15) is 11.6 Å². The predicted octanol–water partition coefficient (Wildman–Crippen LogP) is 0.910. The smallest absolute Gasteiger partial charge is 0.248 e. The highest BCUT2D eigenvalue weighted by molar-refractivity contribution is 5.99. The van der Waals surface area contributed by atoms with Crippen molar-refractivity contribution in [3.8, 4) is 0 Å². The van der Waals surface area contributed by atoms with Crippen molar-refractivity contribution in [2.75, 3.05) is 0 Å². The molecule has 2 amide bonds. The second-order valence-electron chi connectivity index (χ2n) is 5.73. The molecule has 4 heteroatoms. The Morgan fingerprint density at radius 3 is 2.31 bits per heavy atom. The lowest BCUT2D eigenvalue weighted by atomic mass is 9.78. The summed E-state index contributed by atoms with van der Waals surface area (Å²) in [5, 5.41) is 2.77. The van der Waals surface area contributed by atoms with Gasteiger partial charge in [-0.1, -0.05) is 6.92 Å². The van der Waals surface area contributed by atoms with E-state index in [0.29, 0.717) is 5.92 Å². The molecule has 2 fully saturated rings. The molecule has 1 saturated carbocycles. The second-order valence-corrected chi connectivity index (χ2v) is 5.73. The highest BCUT2D eigenvalue weighted by Crippen LogP contribution is 2.35. The molecule has 1 aliphatic heterocycles. The molecule has 0 aromatic heterocycles. The van der Waals surface area contributed by atoms with Gasteiger partial charge in [0.2, 0.25) is 11.8 Å². The zero-order valence-corrected chi connectivity index (χ0v) is 10.4. The zero-order valence-electron chi connectivity index (χ0n) is 10.4. The molecule has 1 aliphatic carbocycles. The average Bonchev–Trinajstić information content (AvgIpc) is 2.12. The number of hydrogen-bond donors (Lipinski definition) is 1. The van der Waals surface area contributed by atoms with Crippen molar-refractivity contribution >= 4 is 11.8 Å². The Labute approximate surface area is 96.4 Å². The molecule has 1 atom stereocenters. The van der Waals surface area contributed by atoms with E-state index < -0.39 is 5.54 Å². The van der Waals surface area contributed by atoms with Crippen LogP contribution in [0.5, 0.6) is 0 Å². The highest BCUT2D eigenvalue weighted by atomic mass is 16.2. The molecular weight excluding hydrogens is 204 g/mol. The molecule has 16 heavy (non-hydrogen) atoms. The number of nitrogens with zero attached hydrogens (tertiary/aromatic N) is 1. The van der Waals surface area contributed by atoms with Gasteiger partial charge >= 0.3 is 0 Å². The van der Waals surface area contributed by atoms with Crippen LogP contribution < -0.4 is 5.32 Å². The Morgan fingerprint density at radius 2 is 1.81 bits per heavy atom. The monoisotopic (exact) mass is 224 g/mol. The highest BCUT2D eigenvalue weighted by Gasteiger charge is 2.48. The van der Waals surface area contributed by atoms with Crippen molar-refractivity contribution in [1.29, 1.82) is 0 Å². The van der Waals surface area contributed by atoms with Gasteiger partial charge in [0.25, 0.3) is 0 Å². The summed E-state index contributed by atoms with van der Waals surface area (Å²) in [6.07, 6.45) is 2.05. The molecule has 0 radical (unpaired) electrons. The second kappa shape index (κ2) is 3.47. The maximum absolute atomic E-state index is 12.3.